The SMILES string of the molecule is COCCN(Cc1ccccn1)C(=O)c1cccc(NC(=O)NC(C)C)c1. The Morgan fingerprint density at radius 3 is 2.67 bits per heavy atom. The zero-order chi connectivity index (χ0) is 19.6. The van der Waals surface area contributed by atoms with Crippen LogP contribution in [0.15, 0.2) is 48.7 Å². The Labute approximate surface area is 159 Å². The normalized spacial score (nSPS) is 10.5. The first-order valence-electron chi connectivity index (χ1n) is 8.85. The molecular formula is C20H26N4O3. The van der Waals surface area contributed by atoms with Gasteiger partial charge in [-0.3, -0.25) is 9.78 Å². The van der Waals surface area contributed by atoms with Crippen LogP contribution >= 0.6 is 0 Å². The van der Waals surface area contributed by atoms with Crippen molar-refractivity contribution in [2.75, 3.05) is 25.6 Å². The number of hydrogen-bond donors (Lipinski definition) is 2. The van der Waals surface area contributed by atoms with Crippen molar-refractivity contribution in [2.45, 2.75) is 26.4 Å². The van der Waals surface area contributed by atoms with E-state index >= 15 is 0 Å². The summed E-state index contributed by atoms with van der Waals surface area (Å²) in [5.74, 6) is -0.148. The summed E-state index contributed by atoms with van der Waals surface area (Å²) in [5.41, 5.74) is 1.85. The van der Waals surface area contributed by atoms with E-state index in [1.54, 1.807) is 42.5 Å². The van der Waals surface area contributed by atoms with Crippen LogP contribution in [0.4, 0.5) is 10.5 Å². The van der Waals surface area contributed by atoms with Crippen molar-refractivity contribution in [2.24, 2.45) is 0 Å². The van der Waals surface area contributed by atoms with Crippen LogP contribution in [0, 0.1) is 0 Å². The fourth-order valence-electron chi connectivity index (χ4n) is 2.48. The van der Waals surface area contributed by atoms with Crippen LogP contribution < -0.4 is 10.6 Å². The number of ether oxygens (including phenoxy) is 1. The van der Waals surface area contributed by atoms with E-state index < -0.39 is 0 Å². The van der Waals surface area contributed by atoms with Gasteiger partial charge in [-0.1, -0.05) is 12.1 Å². The Morgan fingerprint density at radius 2 is 2.00 bits per heavy atom. The molecule has 27 heavy (non-hydrogen) atoms. The Morgan fingerprint density at radius 1 is 1.19 bits per heavy atom. The van der Waals surface area contributed by atoms with Gasteiger partial charge in [-0.25, -0.2) is 4.79 Å². The van der Waals surface area contributed by atoms with Gasteiger partial charge in [0.15, 0.2) is 0 Å². The predicted molar refractivity (Wildman–Crippen MR) is 105 cm³/mol. The smallest absolute Gasteiger partial charge is 0.319 e. The lowest BCUT2D eigenvalue weighted by molar-refractivity contribution is 0.0678. The molecule has 7 heteroatoms. The molecule has 0 unspecified atom stereocenters. The number of methoxy groups -OCH3 is 1. The molecule has 0 aliphatic rings. The summed E-state index contributed by atoms with van der Waals surface area (Å²) in [4.78, 5) is 30.8. The minimum Gasteiger partial charge on any atom is -0.383 e. The van der Waals surface area contributed by atoms with Crippen molar-refractivity contribution in [3.8, 4) is 0 Å². The highest BCUT2D eigenvalue weighted by molar-refractivity contribution is 5.96. The maximum Gasteiger partial charge on any atom is 0.319 e. The number of urea groups is 1. The van der Waals surface area contributed by atoms with Crippen LogP contribution in [-0.4, -0.2) is 48.1 Å². The second-order valence-electron chi connectivity index (χ2n) is 6.37. The number of nitrogens with zero attached hydrogens (tertiary/aromatic N) is 2. The van der Waals surface area contributed by atoms with Gasteiger partial charge in [-0.2, -0.15) is 0 Å². The first-order chi connectivity index (χ1) is 13.0. The average Bonchev–Trinajstić information content (AvgIpc) is 2.65. The van der Waals surface area contributed by atoms with Crippen molar-refractivity contribution in [1.29, 1.82) is 0 Å². The van der Waals surface area contributed by atoms with Gasteiger partial charge in [-0.15, -0.1) is 0 Å². The highest BCUT2D eigenvalue weighted by atomic mass is 16.5. The molecule has 1 aromatic carbocycles. The Hall–Kier alpha value is -2.93. The van der Waals surface area contributed by atoms with Crippen LogP contribution in [0.1, 0.15) is 29.9 Å². The minimum atomic E-state index is -0.306. The molecule has 0 spiro atoms. The summed E-state index contributed by atoms with van der Waals surface area (Å²) in [6.07, 6.45) is 1.70. The van der Waals surface area contributed by atoms with Crippen LogP contribution in [0.5, 0.6) is 0 Å². The summed E-state index contributed by atoms with van der Waals surface area (Å²) < 4.78 is 5.13. The third-order valence-corrected chi connectivity index (χ3v) is 3.72. The highest BCUT2D eigenvalue weighted by Crippen LogP contribution is 2.14. The molecule has 2 aromatic rings. The van der Waals surface area contributed by atoms with E-state index in [1.165, 1.54) is 0 Å². The van der Waals surface area contributed by atoms with Gasteiger partial charge in [0.1, 0.15) is 0 Å². The predicted octanol–water partition coefficient (Wildman–Crippen LogP) is 2.90. The summed E-state index contributed by atoms with van der Waals surface area (Å²) in [6.45, 7) is 5.01. The molecule has 144 valence electrons. The largest absolute Gasteiger partial charge is 0.383 e. The fraction of sp³-hybridized carbons (Fsp3) is 0.350. The number of benzene rings is 1. The van der Waals surface area contributed by atoms with Gasteiger partial charge in [0.05, 0.1) is 18.8 Å². The number of pyridine rings is 1. The van der Waals surface area contributed by atoms with Crippen LogP contribution in [0.2, 0.25) is 0 Å². The molecule has 2 N–H and O–H groups in total. The molecule has 1 aromatic heterocycles. The van der Waals surface area contributed by atoms with Crippen molar-refractivity contribution in [1.82, 2.24) is 15.2 Å². The zero-order valence-electron chi connectivity index (χ0n) is 15.9. The molecule has 0 saturated carbocycles. The topological polar surface area (TPSA) is 83.6 Å². The first kappa shape index (κ1) is 20.4. The number of hydrogen-bond acceptors (Lipinski definition) is 4. The number of amides is 3. The molecule has 0 fully saturated rings. The molecule has 0 saturated heterocycles. The quantitative estimate of drug-likeness (QED) is 0.748. The third kappa shape index (κ3) is 6.71. The van der Waals surface area contributed by atoms with Gasteiger partial charge in [0, 0.05) is 37.1 Å². The van der Waals surface area contributed by atoms with Crippen molar-refractivity contribution in [3.63, 3.8) is 0 Å². The van der Waals surface area contributed by atoms with Crippen LogP contribution in [0.3, 0.4) is 0 Å². The monoisotopic (exact) mass is 370 g/mol. The molecule has 0 aliphatic carbocycles. The number of nitrogens with one attached hydrogen (secondary N) is 2. The molecular weight excluding hydrogens is 344 g/mol. The maximum atomic E-state index is 13.0. The standard InChI is InChI=1S/C20H26N4O3/c1-15(2)22-20(26)23-17-9-6-7-16(13-17)19(25)24(11-12-27-3)14-18-8-4-5-10-21-18/h4-10,13,15H,11-12,14H2,1-3H3,(H2,22,23,26). The second kappa shape index (κ2) is 10.3. The molecule has 0 bridgehead atoms. The lowest BCUT2D eigenvalue weighted by Gasteiger charge is -2.22. The van der Waals surface area contributed by atoms with E-state index in [0.717, 1.165) is 5.69 Å². The van der Waals surface area contributed by atoms with E-state index in [-0.39, 0.29) is 18.0 Å². The summed E-state index contributed by atoms with van der Waals surface area (Å²) >= 11 is 0. The Kier molecular flexibility index (Phi) is 7.76. The highest BCUT2D eigenvalue weighted by Gasteiger charge is 2.17. The Balaban J connectivity index is 2.13. The van der Waals surface area contributed by atoms with E-state index in [2.05, 4.69) is 15.6 Å². The van der Waals surface area contributed by atoms with E-state index in [9.17, 15) is 9.59 Å². The lowest BCUT2D eigenvalue weighted by Crippen LogP contribution is -2.35. The molecule has 2 rings (SSSR count). The van der Waals surface area contributed by atoms with Gasteiger partial charge >= 0.3 is 6.03 Å². The summed E-state index contributed by atoms with van der Waals surface area (Å²) in [7, 11) is 1.60. The molecule has 0 atom stereocenters. The van der Waals surface area contributed by atoms with Crippen molar-refractivity contribution in [3.05, 3.63) is 59.9 Å². The zero-order valence-corrected chi connectivity index (χ0v) is 15.9. The third-order valence-electron chi connectivity index (χ3n) is 3.72. The molecule has 0 aliphatic heterocycles. The van der Waals surface area contributed by atoms with Gasteiger partial charge in [0.25, 0.3) is 5.91 Å². The number of carbonyl (C=O) groups is 2. The molecule has 7 nitrogen and oxygen atoms in total. The number of rotatable bonds is 8. The fourth-order valence-corrected chi connectivity index (χ4v) is 2.48. The molecule has 0 radical (unpaired) electrons. The van der Waals surface area contributed by atoms with E-state index in [1.807, 2.05) is 32.0 Å². The second-order valence-corrected chi connectivity index (χ2v) is 6.37. The molecule has 1 heterocycles. The lowest BCUT2D eigenvalue weighted by atomic mass is 10.1. The van der Waals surface area contributed by atoms with E-state index in [4.69, 9.17) is 4.74 Å². The summed E-state index contributed by atoms with van der Waals surface area (Å²) in [5, 5.41) is 5.50. The first-order valence-corrected chi connectivity index (χ1v) is 8.85. The van der Waals surface area contributed by atoms with E-state index in [0.29, 0.717) is 30.9 Å². The number of anilines is 1. The maximum absolute atomic E-state index is 13.0. The van der Waals surface area contributed by atoms with Gasteiger partial charge in [0.2, 0.25) is 0 Å². The average molecular weight is 370 g/mol. The van der Waals surface area contributed by atoms with Crippen molar-refractivity contribution < 1.29 is 14.3 Å². The molecule has 3 amide bonds. The van der Waals surface area contributed by atoms with Crippen LogP contribution in [0.25, 0.3) is 0 Å². The minimum absolute atomic E-state index is 0.0257. The van der Waals surface area contributed by atoms with Crippen LogP contribution in [-0.2, 0) is 11.3 Å². The Bertz CT molecular complexity index is 750. The van der Waals surface area contributed by atoms with Crippen molar-refractivity contribution >= 4 is 17.6 Å². The number of carbonyl (C=O) groups excluding carboxylic acids is 2. The summed E-state index contributed by atoms with van der Waals surface area (Å²) in [6, 6.07) is 12.2. The van der Waals surface area contributed by atoms with Gasteiger partial charge in [-0.05, 0) is 44.2 Å². The van der Waals surface area contributed by atoms with Gasteiger partial charge < -0.3 is 20.3 Å². The number of aromatic nitrogens is 1.